The summed E-state index contributed by atoms with van der Waals surface area (Å²) in [4.78, 5) is 6.92. The number of hydrogen-bond donors (Lipinski definition) is 0. The van der Waals surface area contributed by atoms with Gasteiger partial charge in [0.2, 0.25) is 11.8 Å². The maximum Gasteiger partial charge on any atom is 0.239 e. The van der Waals surface area contributed by atoms with Crippen LogP contribution >= 0.6 is 11.6 Å². The van der Waals surface area contributed by atoms with E-state index in [1.807, 2.05) is 6.92 Å². The van der Waals surface area contributed by atoms with Crippen LogP contribution in [0.4, 0.5) is 4.39 Å². The predicted octanol–water partition coefficient (Wildman–Crippen LogP) is 2.06. The van der Waals surface area contributed by atoms with E-state index in [0.717, 1.165) is 12.7 Å². The van der Waals surface area contributed by atoms with Crippen LogP contribution in [0.5, 0.6) is 5.88 Å². The van der Waals surface area contributed by atoms with Crippen molar-refractivity contribution in [2.75, 3.05) is 6.61 Å². The van der Waals surface area contributed by atoms with E-state index in [-0.39, 0.29) is 17.5 Å². The summed E-state index contributed by atoms with van der Waals surface area (Å²) in [5.74, 6) is 4.74. The molecule has 0 atom stereocenters. The summed E-state index contributed by atoms with van der Waals surface area (Å²) < 4.78 is 17.8. The average Bonchev–Trinajstić information content (AvgIpc) is 2.19. The predicted molar refractivity (Wildman–Crippen MR) is 50.6 cm³/mol. The molecule has 0 aliphatic heterocycles. The molecular weight excluding hydrogens is 207 g/mol. The lowest BCUT2D eigenvalue weighted by atomic mass is 10.5. The second-order valence-corrected chi connectivity index (χ2v) is 2.66. The highest BCUT2D eigenvalue weighted by atomic mass is 35.5. The molecule has 0 fully saturated rings. The average molecular weight is 215 g/mol. The fraction of sp³-hybridized carbons (Fsp3) is 0.333. The van der Waals surface area contributed by atoms with Crippen LogP contribution in [0.25, 0.3) is 0 Å². The zero-order chi connectivity index (χ0) is 10.4. The van der Waals surface area contributed by atoms with E-state index in [2.05, 4.69) is 21.8 Å². The number of nitrogens with zero attached hydrogens (tertiary/aromatic N) is 2. The molecule has 0 aromatic carbocycles. The number of rotatable bonds is 2. The number of ether oxygens (including phenoxy) is 1. The van der Waals surface area contributed by atoms with Crippen molar-refractivity contribution in [2.45, 2.75) is 13.3 Å². The Morgan fingerprint density at radius 1 is 1.50 bits per heavy atom. The highest BCUT2D eigenvalue weighted by Gasteiger charge is 2.08. The first-order valence-electron chi connectivity index (χ1n) is 4.00. The van der Waals surface area contributed by atoms with Gasteiger partial charge < -0.3 is 4.74 Å². The second kappa shape index (κ2) is 5.40. The van der Waals surface area contributed by atoms with Gasteiger partial charge in [-0.05, 0) is 0 Å². The van der Waals surface area contributed by atoms with Crippen molar-refractivity contribution >= 4 is 11.6 Å². The molecule has 0 aliphatic rings. The molecule has 1 aromatic rings. The molecule has 0 bridgehead atoms. The molecule has 0 aliphatic carbocycles. The van der Waals surface area contributed by atoms with Crippen molar-refractivity contribution in [1.82, 2.24) is 9.97 Å². The fourth-order valence-corrected chi connectivity index (χ4v) is 0.867. The molecule has 3 nitrogen and oxygen atoms in total. The van der Waals surface area contributed by atoms with Crippen molar-refractivity contribution in [2.24, 2.45) is 0 Å². The number of aromatic nitrogens is 2. The van der Waals surface area contributed by atoms with Gasteiger partial charge in [0.1, 0.15) is 6.33 Å². The van der Waals surface area contributed by atoms with E-state index in [4.69, 9.17) is 16.3 Å². The van der Waals surface area contributed by atoms with E-state index in [1.165, 1.54) is 0 Å². The quantitative estimate of drug-likeness (QED) is 0.558. The third kappa shape index (κ3) is 2.86. The molecule has 0 saturated carbocycles. The number of halogens is 2. The molecule has 0 saturated heterocycles. The zero-order valence-corrected chi connectivity index (χ0v) is 8.31. The number of hydrogen-bond acceptors (Lipinski definition) is 3. The van der Waals surface area contributed by atoms with Crippen molar-refractivity contribution in [3.63, 3.8) is 0 Å². The molecular formula is C9H8ClFN2O. The molecule has 74 valence electrons. The molecule has 1 aromatic heterocycles. The van der Waals surface area contributed by atoms with Gasteiger partial charge in [0.15, 0.2) is 11.6 Å². The molecule has 0 spiro atoms. The summed E-state index contributed by atoms with van der Waals surface area (Å²) in [6, 6.07) is 0. The van der Waals surface area contributed by atoms with Gasteiger partial charge in [0.25, 0.3) is 0 Å². The van der Waals surface area contributed by atoms with E-state index in [1.54, 1.807) is 0 Å². The normalized spacial score (nSPS) is 9.07. The standard InChI is InChI=1S/C9H8ClFN2O/c1-2-3-4-5-14-9-7(10)8(11)12-6-13-9/h6H,2,5H2,1H3. The van der Waals surface area contributed by atoms with Crippen LogP contribution in [-0.2, 0) is 0 Å². The minimum absolute atomic E-state index is 0.0181. The molecule has 0 radical (unpaired) electrons. The molecule has 5 heteroatoms. The molecule has 1 heterocycles. The molecule has 0 N–H and O–H groups in total. The topological polar surface area (TPSA) is 35.0 Å². The summed E-state index contributed by atoms with van der Waals surface area (Å²) in [5.41, 5.74) is 0. The van der Waals surface area contributed by atoms with Gasteiger partial charge >= 0.3 is 0 Å². The second-order valence-electron chi connectivity index (χ2n) is 2.28. The first-order valence-corrected chi connectivity index (χ1v) is 4.38. The third-order valence-corrected chi connectivity index (χ3v) is 1.62. The monoisotopic (exact) mass is 214 g/mol. The van der Waals surface area contributed by atoms with Crippen molar-refractivity contribution in [1.29, 1.82) is 0 Å². The third-order valence-electron chi connectivity index (χ3n) is 1.30. The molecule has 0 amide bonds. The van der Waals surface area contributed by atoms with Gasteiger partial charge in [-0.1, -0.05) is 24.4 Å². The van der Waals surface area contributed by atoms with Crippen molar-refractivity contribution in [3.05, 3.63) is 17.3 Å². The van der Waals surface area contributed by atoms with Gasteiger partial charge in [-0.15, -0.1) is 5.92 Å². The fourth-order valence-electron chi connectivity index (χ4n) is 0.715. The highest BCUT2D eigenvalue weighted by Crippen LogP contribution is 2.21. The molecule has 14 heavy (non-hydrogen) atoms. The summed E-state index contributed by atoms with van der Waals surface area (Å²) in [5, 5.41) is -0.217. The maximum atomic E-state index is 12.8. The summed E-state index contributed by atoms with van der Waals surface area (Å²) in [6.07, 6.45) is 1.79. The zero-order valence-electron chi connectivity index (χ0n) is 7.55. The first-order chi connectivity index (χ1) is 6.75. The van der Waals surface area contributed by atoms with E-state index < -0.39 is 5.95 Å². The van der Waals surface area contributed by atoms with E-state index >= 15 is 0 Å². The summed E-state index contributed by atoms with van der Waals surface area (Å²) in [6.45, 7) is 2.06. The van der Waals surface area contributed by atoms with Crippen LogP contribution in [0.1, 0.15) is 13.3 Å². The largest absolute Gasteiger partial charge is 0.463 e. The Morgan fingerprint density at radius 2 is 2.29 bits per heavy atom. The highest BCUT2D eigenvalue weighted by molar-refractivity contribution is 6.31. The van der Waals surface area contributed by atoms with Crippen LogP contribution in [-0.4, -0.2) is 16.6 Å². The van der Waals surface area contributed by atoms with Gasteiger partial charge in [-0.25, -0.2) is 9.97 Å². The lowest BCUT2D eigenvalue weighted by molar-refractivity contribution is 0.350. The van der Waals surface area contributed by atoms with Gasteiger partial charge in [-0.3, -0.25) is 0 Å². The van der Waals surface area contributed by atoms with E-state index in [0.29, 0.717) is 0 Å². The Labute approximate surface area is 86.3 Å². The maximum absolute atomic E-state index is 12.8. The van der Waals surface area contributed by atoms with E-state index in [9.17, 15) is 4.39 Å². The van der Waals surface area contributed by atoms with Gasteiger partial charge in [-0.2, -0.15) is 4.39 Å². The molecule has 0 unspecified atom stereocenters. The van der Waals surface area contributed by atoms with Gasteiger partial charge in [0.05, 0.1) is 0 Å². The Hall–Kier alpha value is -1.34. The van der Waals surface area contributed by atoms with Gasteiger partial charge in [0, 0.05) is 6.42 Å². The van der Waals surface area contributed by atoms with Crippen molar-refractivity contribution < 1.29 is 9.13 Å². The summed E-state index contributed by atoms with van der Waals surface area (Å²) >= 11 is 5.53. The Balaban J connectivity index is 2.63. The van der Waals surface area contributed by atoms with Crippen LogP contribution < -0.4 is 4.74 Å². The summed E-state index contributed by atoms with van der Waals surface area (Å²) in [7, 11) is 0. The van der Waals surface area contributed by atoms with Crippen LogP contribution in [0.2, 0.25) is 5.02 Å². The Bertz CT molecular complexity index is 373. The molecule has 1 rings (SSSR count). The van der Waals surface area contributed by atoms with Crippen LogP contribution in [0, 0.1) is 17.8 Å². The minimum atomic E-state index is -0.792. The van der Waals surface area contributed by atoms with Crippen LogP contribution in [0.3, 0.4) is 0 Å². The lowest BCUT2D eigenvalue weighted by Gasteiger charge is -2.01. The Kier molecular flexibility index (Phi) is 4.14. The first kappa shape index (κ1) is 10.7. The minimum Gasteiger partial charge on any atom is -0.463 e. The Morgan fingerprint density at radius 3 is 3.00 bits per heavy atom. The SMILES string of the molecule is CCC#CCOc1ncnc(F)c1Cl. The lowest BCUT2D eigenvalue weighted by Crippen LogP contribution is -1.99. The van der Waals surface area contributed by atoms with Crippen molar-refractivity contribution in [3.8, 4) is 17.7 Å². The van der Waals surface area contributed by atoms with Crippen LogP contribution in [0.15, 0.2) is 6.33 Å². The smallest absolute Gasteiger partial charge is 0.239 e.